The van der Waals surface area contributed by atoms with Crippen LogP contribution in [-0.4, -0.2) is 29.2 Å². The monoisotopic (exact) mass is 360 g/mol. The number of carbonyl (C=O) groups is 1. The number of ether oxygens (including phenoxy) is 1. The Hall–Kier alpha value is -1.92. The van der Waals surface area contributed by atoms with Gasteiger partial charge in [0.15, 0.2) is 0 Å². The van der Waals surface area contributed by atoms with Gasteiger partial charge in [0, 0.05) is 22.5 Å². The molecule has 0 spiro atoms. The summed E-state index contributed by atoms with van der Waals surface area (Å²) in [6.07, 6.45) is 4.93. The number of amides is 1. The lowest BCUT2D eigenvalue weighted by Gasteiger charge is -2.38. The second kappa shape index (κ2) is 7.97. The van der Waals surface area contributed by atoms with Gasteiger partial charge < -0.3 is 15.2 Å². The summed E-state index contributed by atoms with van der Waals surface area (Å²) < 4.78 is 5.11. The molecule has 1 atom stereocenters. The van der Waals surface area contributed by atoms with Gasteiger partial charge in [0.2, 0.25) is 5.88 Å². The fourth-order valence-corrected chi connectivity index (χ4v) is 4.14. The summed E-state index contributed by atoms with van der Waals surface area (Å²) in [6.45, 7) is 2.13. The Morgan fingerprint density at radius 2 is 2.28 bits per heavy atom. The number of aryl methyl sites for hydroxylation is 1. The van der Waals surface area contributed by atoms with E-state index in [4.69, 9.17) is 4.74 Å². The minimum atomic E-state index is -0.270. The quantitative estimate of drug-likeness (QED) is 0.794. The molecule has 2 heterocycles. The number of thiophene rings is 1. The van der Waals surface area contributed by atoms with Gasteiger partial charge in [-0.15, -0.1) is 11.3 Å². The van der Waals surface area contributed by atoms with Crippen molar-refractivity contribution < 1.29 is 14.6 Å². The van der Waals surface area contributed by atoms with E-state index >= 15 is 0 Å². The molecule has 0 aliphatic heterocycles. The first-order valence-corrected chi connectivity index (χ1v) is 9.55. The number of nitrogens with zero attached hydrogens (tertiary/aromatic N) is 1. The summed E-state index contributed by atoms with van der Waals surface area (Å²) in [5, 5.41) is 14.7. The van der Waals surface area contributed by atoms with Crippen molar-refractivity contribution in [1.82, 2.24) is 10.3 Å². The molecule has 1 saturated carbocycles. The molecule has 0 aromatic carbocycles. The van der Waals surface area contributed by atoms with Crippen LogP contribution in [0.1, 0.15) is 53.0 Å². The summed E-state index contributed by atoms with van der Waals surface area (Å²) in [6, 6.07) is 5.55. The number of rotatable bonds is 7. The van der Waals surface area contributed by atoms with E-state index in [0.29, 0.717) is 24.3 Å². The summed E-state index contributed by atoms with van der Waals surface area (Å²) in [5.74, 6) is 0.702. The number of carbonyl (C=O) groups excluding carboxylic acids is 1. The molecule has 25 heavy (non-hydrogen) atoms. The Morgan fingerprint density at radius 3 is 2.88 bits per heavy atom. The average molecular weight is 360 g/mol. The smallest absolute Gasteiger partial charge is 0.252 e. The maximum atomic E-state index is 12.7. The normalized spacial score (nSPS) is 20.6. The number of hydrogen-bond acceptors (Lipinski definition) is 5. The van der Waals surface area contributed by atoms with E-state index < -0.39 is 0 Å². The lowest BCUT2D eigenvalue weighted by Crippen LogP contribution is -2.41. The fourth-order valence-electron chi connectivity index (χ4n) is 3.17. The van der Waals surface area contributed by atoms with Gasteiger partial charge in [-0.1, -0.05) is 19.4 Å². The van der Waals surface area contributed by atoms with Crippen LogP contribution in [0.4, 0.5) is 0 Å². The zero-order valence-electron chi connectivity index (χ0n) is 14.6. The van der Waals surface area contributed by atoms with Crippen LogP contribution in [0.3, 0.4) is 0 Å². The predicted octanol–water partition coefficient (Wildman–Crippen LogP) is 3.35. The van der Waals surface area contributed by atoms with E-state index in [0.717, 1.165) is 18.4 Å². The molecule has 2 N–H and O–H groups in total. The summed E-state index contributed by atoms with van der Waals surface area (Å²) in [4.78, 5) is 18.2. The van der Waals surface area contributed by atoms with Crippen molar-refractivity contribution in [1.29, 1.82) is 0 Å². The number of aromatic nitrogens is 1. The first-order valence-electron chi connectivity index (χ1n) is 8.67. The van der Waals surface area contributed by atoms with Gasteiger partial charge in [-0.3, -0.25) is 4.79 Å². The highest BCUT2D eigenvalue weighted by Gasteiger charge is 2.36. The number of pyridine rings is 1. The Morgan fingerprint density at radius 1 is 1.48 bits per heavy atom. The van der Waals surface area contributed by atoms with E-state index in [1.54, 1.807) is 30.7 Å². The standard InChI is InChI=1S/C19H24N2O3S/c1-3-4-16-9-14(11-25-16)19(23)21-18(13-7-15(22)8-13)12-5-6-17(24-2)20-10-12/h5-6,9-11,13,15,18,22H,3-4,7-8H2,1-2H3,(H,21,23)/t13?,15?,18-/m1/s1. The molecule has 134 valence electrons. The van der Waals surface area contributed by atoms with Crippen LogP contribution in [0.2, 0.25) is 0 Å². The highest BCUT2D eigenvalue weighted by Crippen LogP contribution is 2.38. The zero-order chi connectivity index (χ0) is 17.8. The van der Waals surface area contributed by atoms with Crippen molar-refractivity contribution >= 4 is 17.2 Å². The third-order valence-corrected chi connectivity index (χ3v) is 5.64. The van der Waals surface area contributed by atoms with Crippen molar-refractivity contribution in [3.05, 3.63) is 45.8 Å². The number of aliphatic hydroxyl groups is 1. The molecule has 1 aliphatic rings. The minimum Gasteiger partial charge on any atom is -0.481 e. The number of nitrogens with one attached hydrogen (secondary N) is 1. The van der Waals surface area contributed by atoms with Crippen LogP contribution >= 0.6 is 11.3 Å². The lowest BCUT2D eigenvalue weighted by atomic mass is 9.75. The largest absolute Gasteiger partial charge is 0.481 e. The van der Waals surface area contributed by atoms with Crippen molar-refractivity contribution in [3.8, 4) is 5.88 Å². The first-order chi connectivity index (χ1) is 12.1. The molecule has 0 unspecified atom stereocenters. The zero-order valence-corrected chi connectivity index (χ0v) is 15.4. The maximum Gasteiger partial charge on any atom is 0.252 e. The first kappa shape index (κ1) is 17.9. The molecule has 1 amide bonds. The van der Waals surface area contributed by atoms with Gasteiger partial charge in [0.05, 0.1) is 24.8 Å². The molecule has 0 bridgehead atoms. The molecular formula is C19H24N2O3S. The highest BCUT2D eigenvalue weighted by atomic mass is 32.1. The molecule has 1 aliphatic carbocycles. The highest BCUT2D eigenvalue weighted by molar-refractivity contribution is 7.10. The van der Waals surface area contributed by atoms with Crippen LogP contribution in [0.5, 0.6) is 5.88 Å². The molecule has 0 saturated heterocycles. The van der Waals surface area contributed by atoms with Crippen LogP contribution in [0, 0.1) is 5.92 Å². The molecule has 1 fully saturated rings. The number of methoxy groups -OCH3 is 1. The summed E-state index contributed by atoms with van der Waals surface area (Å²) in [5.41, 5.74) is 1.65. The predicted molar refractivity (Wildman–Crippen MR) is 98.0 cm³/mol. The third kappa shape index (κ3) is 4.19. The number of hydrogen-bond donors (Lipinski definition) is 2. The minimum absolute atomic E-state index is 0.0687. The van der Waals surface area contributed by atoms with Gasteiger partial charge >= 0.3 is 0 Å². The van der Waals surface area contributed by atoms with Gasteiger partial charge in [-0.25, -0.2) is 4.98 Å². The molecule has 6 heteroatoms. The topological polar surface area (TPSA) is 71.5 Å². The van der Waals surface area contributed by atoms with Crippen molar-refractivity contribution in [3.63, 3.8) is 0 Å². The average Bonchev–Trinajstić information content (AvgIpc) is 3.06. The van der Waals surface area contributed by atoms with Crippen LogP contribution < -0.4 is 10.1 Å². The van der Waals surface area contributed by atoms with Gasteiger partial charge in [0.1, 0.15) is 0 Å². The molecule has 3 rings (SSSR count). The summed E-state index contributed by atoms with van der Waals surface area (Å²) >= 11 is 1.63. The Balaban J connectivity index is 1.75. The van der Waals surface area contributed by atoms with E-state index in [-0.39, 0.29) is 24.0 Å². The van der Waals surface area contributed by atoms with E-state index in [9.17, 15) is 9.90 Å². The third-order valence-electron chi connectivity index (χ3n) is 4.65. The molecule has 2 aromatic rings. The van der Waals surface area contributed by atoms with E-state index in [1.165, 1.54) is 4.88 Å². The molecule has 0 radical (unpaired) electrons. The lowest BCUT2D eigenvalue weighted by molar-refractivity contribution is 0.0234. The second-order valence-electron chi connectivity index (χ2n) is 6.52. The maximum absolute atomic E-state index is 12.7. The van der Waals surface area contributed by atoms with Crippen LogP contribution in [0.15, 0.2) is 29.8 Å². The van der Waals surface area contributed by atoms with Gasteiger partial charge in [0.25, 0.3) is 5.91 Å². The molecule has 5 nitrogen and oxygen atoms in total. The second-order valence-corrected chi connectivity index (χ2v) is 7.52. The van der Waals surface area contributed by atoms with Crippen molar-refractivity contribution in [2.45, 2.75) is 44.8 Å². The Labute approximate surface area is 152 Å². The van der Waals surface area contributed by atoms with Crippen molar-refractivity contribution in [2.24, 2.45) is 5.92 Å². The molecule has 2 aromatic heterocycles. The van der Waals surface area contributed by atoms with Crippen LogP contribution in [-0.2, 0) is 6.42 Å². The summed E-state index contributed by atoms with van der Waals surface area (Å²) in [7, 11) is 1.58. The SMILES string of the molecule is CCCc1cc(C(=O)N[C@H](c2ccc(OC)nc2)C2CC(O)C2)cs1. The number of aliphatic hydroxyl groups excluding tert-OH is 1. The molecular weight excluding hydrogens is 336 g/mol. The van der Waals surface area contributed by atoms with Gasteiger partial charge in [-0.2, -0.15) is 0 Å². The van der Waals surface area contributed by atoms with Crippen LogP contribution in [0.25, 0.3) is 0 Å². The van der Waals surface area contributed by atoms with E-state index in [1.807, 2.05) is 17.5 Å². The Bertz CT molecular complexity index is 708. The van der Waals surface area contributed by atoms with E-state index in [2.05, 4.69) is 17.2 Å². The fraction of sp³-hybridized carbons (Fsp3) is 0.474. The van der Waals surface area contributed by atoms with Gasteiger partial charge in [-0.05, 0) is 36.8 Å². The van der Waals surface area contributed by atoms with Crippen molar-refractivity contribution in [2.75, 3.05) is 7.11 Å². The Kier molecular flexibility index (Phi) is 5.71.